The Morgan fingerprint density at radius 3 is 2.21 bits per heavy atom. The van der Waals surface area contributed by atoms with Crippen LogP contribution in [0.2, 0.25) is 0 Å². The second kappa shape index (κ2) is 10.3. The molecule has 3 aromatic carbocycles. The summed E-state index contributed by atoms with van der Waals surface area (Å²) in [5, 5.41) is 2.81. The number of rotatable bonds is 8. The summed E-state index contributed by atoms with van der Waals surface area (Å²) in [6.45, 7) is 3.76. The second-order valence-electron chi connectivity index (χ2n) is 7.43. The molecule has 172 valence electrons. The summed E-state index contributed by atoms with van der Waals surface area (Å²) in [5.41, 5.74) is 2.60. The van der Waals surface area contributed by atoms with Crippen LogP contribution >= 0.6 is 0 Å². The third-order valence-electron chi connectivity index (χ3n) is 5.06. The van der Waals surface area contributed by atoms with E-state index in [0.717, 1.165) is 11.8 Å². The minimum absolute atomic E-state index is 0.0847. The first-order chi connectivity index (χ1) is 15.7. The van der Waals surface area contributed by atoms with Gasteiger partial charge in [-0.15, -0.1) is 0 Å². The van der Waals surface area contributed by atoms with Gasteiger partial charge in [-0.3, -0.25) is 9.10 Å². The summed E-state index contributed by atoms with van der Waals surface area (Å²) in [6, 6.07) is 20.6. The maximum atomic E-state index is 13.2. The number of amides is 1. The predicted molar refractivity (Wildman–Crippen MR) is 129 cm³/mol. The van der Waals surface area contributed by atoms with Crippen LogP contribution in [0.25, 0.3) is 0 Å². The first-order valence-corrected chi connectivity index (χ1v) is 12.3. The molecular formula is C25H26N2O5S. The fraction of sp³-hybridized carbons (Fsp3) is 0.200. The highest BCUT2D eigenvalue weighted by atomic mass is 32.2. The normalized spacial score (nSPS) is 11.0. The van der Waals surface area contributed by atoms with E-state index in [2.05, 4.69) is 5.32 Å². The molecule has 8 heteroatoms. The molecule has 0 aromatic heterocycles. The zero-order valence-corrected chi connectivity index (χ0v) is 19.6. The van der Waals surface area contributed by atoms with Gasteiger partial charge in [0.1, 0.15) is 0 Å². The Kier molecular flexibility index (Phi) is 7.50. The van der Waals surface area contributed by atoms with Crippen molar-refractivity contribution in [2.75, 3.05) is 22.5 Å². The van der Waals surface area contributed by atoms with Gasteiger partial charge < -0.3 is 10.1 Å². The lowest BCUT2D eigenvalue weighted by atomic mass is 10.1. The number of sulfonamides is 1. The number of benzene rings is 3. The van der Waals surface area contributed by atoms with Crippen LogP contribution in [0.4, 0.5) is 11.4 Å². The highest BCUT2D eigenvalue weighted by Crippen LogP contribution is 2.27. The number of nitrogens with one attached hydrogen (secondary N) is 1. The number of anilines is 2. The van der Waals surface area contributed by atoms with Crippen molar-refractivity contribution in [1.29, 1.82) is 0 Å². The third kappa shape index (κ3) is 5.78. The van der Waals surface area contributed by atoms with E-state index in [1.807, 2.05) is 30.3 Å². The molecule has 1 N–H and O–H groups in total. The Balaban J connectivity index is 1.96. The van der Waals surface area contributed by atoms with E-state index in [1.165, 1.54) is 4.31 Å². The van der Waals surface area contributed by atoms with Gasteiger partial charge in [0, 0.05) is 5.69 Å². The molecule has 0 spiro atoms. The van der Waals surface area contributed by atoms with E-state index >= 15 is 0 Å². The first kappa shape index (κ1) is 24.0. The van der Waals surface area contributed by atoms with Crippen LogP contribution in [0.15, 0.2) is 72.8 Å². The zero-order valence-electron chi connectivity index (χ0n) is 18.7. The van der Waals surface area contributed by atoms with E-state index in [1.54, 1.807) is 56.3 Å². The fourth-order valence-electron chi connectivity index (χ4n) is 3.40. The molecule has 0 unspecified atom stereocenters. The van der Waals surface area contributed by atoms with Crippen molar-refractivity contribution >= 4 is 33.3 Å². The summed E-state index contributed by atoms with van der Waals surface area (Å²) in [4.78, 5) is 25.4. The second-order valence-corrected chi connectivity index (χ2v) is 9.33. The molecule has 0 saturated carbocycles. The van der Waals surface area contributed by atoms with Crippen LogP contribution in [0.3, 0.4) is 0 Å². The van der Waals surface area contributed by atoms with Crippen LogP contribution < -0.4 is 9.62 Å². The Morgan fingerprint density at radius 1 is 0.909 bits per heavy atom. The molecule has 3 aromatic rings. The number of hydrogen-bond donors (Lipinski definition) is 1. The van der Waals surface area contributed by atoms with E-state index in [9.17, 15) is 18.0 Å². The smallest absolute Gasteiger partial charge is 0.338 e. The SMILES string of the molecule is CCOC(=O)c1cccc(NC(=O)c2ccccc2N(Cc2ccccc2)S(C)(=O)=O)c1C. The number of esters is 1. The van der Waals surface area contributed by atoms with E-state index in [0.29, 0.717) is 16.8 Å². The van der Waals surface area contributed by atoms with Gasteiger partial charge in [-0.25, -0.2) is 13.2 Å². The van der Waals surface area contributed by atoms with Crippen molar-refractivity contribution in [3.63, 3.8) is 0 Å². The Labute approximate surface area is 194 Å². The quantitative estimate of drug-likeness (QED) is 0.497. The van der Waals surface area contributed by atoms with Crippen LogP contribution in [0.5, 0.6) is 0 Å². The van der Waals surface area contributed by atoms with Gasteiger partial charge >= 0.3 is 5.97 Å². The van der Waals surface area contributed by atoms with Crippen LogP contribution in [0.1, 0.15) is 38.8 Å². The molecule has 0 aliphatic heterocycles. The molecule has 7 nitrogen and oxygen atoms in total. The Bertz CT molecular complexity index is 1260. The molecule has 0 heterocycles. The topological polar surface area (TPSA) is 92.8 Å². The lowest BCUT2D eigenvalue weighted by Crippen LogP contribution is -2.31. The molecule has 0 aliphatic carbocycles. The van der Waals surface area contributed by atoms with Gasteiger partial charge in [-0.2, -0.15) is 0 Å². The minimum Gasteiger partial charge on any atom is -0.462 e. The average Bonchev–Trinajstić information content (AvgIpc) is 2.79. The van der Waals surface area contributed by atoms with Crippen molar-refractivity contribution in [3.05, 3.63) is 95.1 Å². The summed E-state index contributed by atoms with van der Waals surface area (Å²) in [7, 11) is -3.69. The van der Waals surface area contributed by atoms with Crippen molar-refractivity contribution < 1.29 is 22.7 Å². The molecule has 0 radical (unpaired) electrons. The van der Waals surface area contributed by atoms with Crippen molar-refractivity contribution in [2.24, 2.45) is 0 Å². The molecule has 0 aliphatic rings. The standard InChI is InChI=1S/C25H26N2O5S/c1-4-32-25(29)20-14-10-15-22(18(20)2)26-24(28)21-13-8-9-16-23(21)27(33(3,30)31)17-19-11-6-5-7-12-19/h5-16H,4,17H2,1-3H3,(H,26,28). The largest absolute Gasteiger partial charge is 0.462 e. The van der Waals surface area contributed by atoms with Gasteiger partial charge in [0.15, 0.2) is 0 Å². The lowest BCUT2D eigenvalue weighted by molar-refractivity contribution is 0.0525. The summed E-state index contributed by atoms with van der Waals surface area (Å²) < 4.78 is 31.6. The summed E-state index contributed by atoms with van der Waals surface area (Å²) in [5.74, 6) is -0.964. The monoisotopic (exact) mass is 466 g/mol. The lowest BCUT2D eigenvalue weighted by Gasteiger charge is -2.25. The number of carbonyl (C=O) groups excluding carboxylic acids is 2. The summed E-state index contributed by atoms with van der Waals surface area (Å²) in [6.07, 6.45) is 1.11. The highest BCUT2D eigenvalue weighted by molar-refractivity contribution is 7.92. The maximum Gasteiger partial charge on any atom is 0.338 e. The number of hydrogen-bond acceptors (Lipinski definition) is 5. The van der Waals surface area contributed by atoms with E-state index in [4.69, 9.17) is 4.74 Å². The van der Waals surface area contributed by atoms with Gasteiger partial charge in [-0.05, 0) is 49.2 Å². The van der Waals surface area contributed by atoms with Gasteiger partial charge in [0.25, 0.3) is 5.91 Å². The molecule has 0 atom stereocenters. The number of para-hydroxylation sites is 1. The average molecular weight is 467 g/mol. The Morgan fingerprint density at radius 2 is 1.55 bits per heavy atom. The van der Waals surface area contributed by atoms with E-state index < -0.39 is 21.9 Å². The van der Waals surface area contributed by atoms with Crippen molar-refractivity contribution in [3.8, 4) is 0 Å². The number of nitrogens with zero attached hydrogens (tertiary/aromatic N) is 1. The van der Waals surface area contributed by atoms with Gasteiger partial charge in [0.05, 0.1) is 36.2 Å². The Hall–Kier alpha value is -3.65. The minimum atomic E-state index is -3.69. The number of ether oxygens (including phenoxy) is 1. The molecule has 0 fully saturated rings. The maximum absolute atomic E-state index is 13.2. The molecule has 0 saturated heterocycles. The van der Waals surface area contributed by atoms with Crippen LogP contribution in [-0.4, -0.2) is 33.2 Å². The van der Waals surface area contributed by atoms with E-state index in [-0.39, 0.29) is 24.4 Å². The molecular weight excluding hydrogens is 440 g/mol. The van der Waals surface area contributed by atoms with Gasteiger partial charge in [-0.1, -0.05) is 48.5 Å². The van der Waals surface area contributed by atoms with Crippen molar-refractivity contribution in [1.82, 2.24) is 0 Å². The molecule has 1 amide bonds. The first-order valence-electron chi connectivity index (χ1n) is 10.4. The summed E-state index contributed by atoms with van der Waals surface area (Å²) >= 11 is 0. The van der Waals surface area contributed by atoms with Gasteiger partial charge in [0.2, 0.25) is 10.0 Å². The molecule has 33 heavy (non-hydrogen) atoms. The fourth-order valence-corrected chi connectivity index (χ4v) is 4.30. The highest BCUT2D eigenvalue weighted by Gasteiger charge is 2.24. The molecule has 3 rings (SSSR count). The predicted octanol–water partition coefficient (Wildman–Crippen LogP) is 4.39. The zero-order chi connectivity index (χ0) is 24.0. The molecule has 0 bridgehead atoms. The van der Waals surface area contributed by atoms with Crippen molar-refractivity contribution in [2.45, 2.75) is 20.4 Å². The van der Waals surface area contributed by atoms with Crippen LogP contribution in [0, 0.1) is 6.92 Å². The van der Waals surface area contributed by atoms with Crippen LogP contribution in [-0.2, 0) is 21.3 Å². The third-order valence-corrected chi connectivity index (χ3v) is 6.19. The number of carbonyl (C=O) groups is 2.